The Balaban J connectivity index is 1.85. The summed E-state index contributed by atoms with van der Waals surface area (Å²) in [6.07, 6.45) is 2.08. The van der Waals surface area contributed by atoms with Crippen molar-refractivity contribution in [2.24, 2.45) is 0 Å². The second kappa shape index (κ2) is 5.30. The summed E-state index contributed by atoms with van der Waals surface area (Å²) in [5.41, 5.74) is 3.98. The molecule has 4 heteroatoms. The molecular weight excluding hydrogens is 296 g/mol. The van der Waals surface area contributed by atoms with E-state index in [0.29, 0.717) is 12.0 Å². The Bertz CT molecular complexity index is 841. The van der Waals surface area contributed by atoms with Crippen molar-refractivity contribution < 1.29 is 13.5 Å². The van der Waals surface area contributed by atoms with Crippen LogP contribution in [0.15, 0.2) is 48.0 Å². The number of ether oxygens (including phenoxy) is 1. The average molecular weight is 311 g/mol. The number of nitrogens with one attached hydrogen (secondary N) is 1. The molecule has 1 heterocycles. The third-order valence-corrected chi connectivity index (χ3v) is 4.60. The molecule has 0 aromatic heterocycles. The summed E-state index contributed by atoms with van der Waals surface area (Å²) in [7, 11) is 0. The molecule has 1 atom stereocenters. The van der Waals surface area contributed by atoms with Crippen molar-refractivity contribution >= 4 is 11.7 Å². The molecule has 0 bridgehead atoms. The molecule has 0 fully saturated rings. The zero-order valence-electron chi connectivity index (χ0n) is 12.4. The lowest BCUT2D eigenvalue weighted by molar-refractivity contribution is 0.437. The van der Waals surface area contributed by atoms with Crippen LogP contribution in [0.1, 0.15) is 35.4 Å². The van der Waals surface area contributed by atoms with Crippen molar-refractivity contribution in [2.45, 2.75) is 25.2 Å². The van der Waals surface area contributed by atoms with Crippen LogP contribution in [0.25, 0.3) is 5.76 Å². The number of halogens is 2. The fraction of sp³-hybridized carbons (Fsp3) is 0.211. The first kappa shape index (κ1) is 14.1. The van der Waals surface area contributed by atoms with Crippen LogP contribution in [-0.2, 0) is 11.2 Å². The highest BCUT2D eigenvalue weighted by Gasteiger charge is 2.33. The predicted molar refractivity (Wildman–Crippen MR) is 84.2 cm³/mol. The van der Waals surface area contributed by atoms with Gasteiger partial charge in [0.15, 0.2) is 17.5 Å². The zero-order valence-corrected chi connectivity index (χ0v) is 12.4. The van der Waals surface area contributed by atoms with Gasteiger partial charge in [0.1, 0.15) is 5.76 Å². The third kappa shape index (κ3) is 2.34. The minimum Gasteiger partial charge on any atom is -0.443 e. The molecule has 1 N–H and O–H groups in total. The zero-order chi connectivity index (χ0) is 16.0. The van der Waals surface area contributed by atoms with E-state index in [0.717, 1.165) is 35.8 Å². The smallest absolute Gasteiger partial charge is 0.188 e. The lowest BCUT2D eigenvalue weighted by atomic mass is 9.78. The summed E-state index contributed by atoms with van der Waals surface area (Å²) in [4.78, 5) is 0. The lowest BCUT2D eigenvalue weighted by Gasteiger charge is -2.33. The number of hydrogen-bond donors (Lipinski definition) is 1. The molecule has 2 aromatic rings. The number of rotatable bonds is 1. The Morgan fingerprint density at radius 2 is 1.83 bits per heavy atom. The minimum absolute atomic E-state index is 0.130. The van der Waals surface area contributed by atoms with Gasteiger partial charge in [0.25, 0.3) is 0 Å². The van der Waals surface area contributed by atoms with E-state index in [1.807, 2.05) is 18.2 Å². The lowest BCUT2D eigenvalue weighted by Crippen LogP contribution is -2.23. The molecule has 2 aliphatic rings. The molecule has 0 spiro atoms. The Labute approximate surface area is 132 Å². The fourth-order valence-corrected chi connectivity index (χ4v) is 3.49. The van der Waals surface area contributed by atoms with Crippen molar-refractivity contribution in [3.63, 3.8) is 0 Å². The van der Waals surface area contributed by atoms with Gasteiger partial charge >= 0.3 is 0 Å². The topological polar surface area (TPSA) is 33.1 Å². The van der Waals surface area contributed by atoms with Crippen LogP contribution in [0.2, 0.25) is 0 Å². The Morgan fingerprint density at radius 1 is 1.00 bits per heavy atom. The van der Waals surface area contributed by atoms with Gasteiger partial charge in [-0.1, -0.05) is 30.3 Å². The maximum atomic E-state index is 13.6. The molecule has 1 unspecified atom stereocenters. The molecule has 116 valence electrons. The van der Waals surface area contributed by atoms with Gasteiger partial charge in [-0.15, -0.1) is 0 Å². The Hall–Kier alpha value is -2.49. The summed E-state index contributed by atoms with van der Waals surface area (Å²) in [5.74, 6) is -0.944. The molecule has 1 aliphatic heterocycles. The van der Waals surface area contributed by atoms with E-state index in [4.69, 9.17) is 10.1 Å². The summed E-state index contributed by atoms with van der Waals surface area (Å²) in [5, 5.41) is 8.00. The van der Waals surface area contributed by atoms with E-state index in [-0.39, 0.29) is 11.8 Å². The van der Waals surface area contributed by atoms with Gasteiger partial charge in [-0.2, -0.15) is 0 Å². The Morgan fingerprint density at radius 3 is 2.65 bits per heavy atom. The number of fused-ring (bicyclic) bond motifs is 2. The van der Waals surface area contributed by atoms with Crippen molar-refractivity contribution in [3.05, 3.63) is 76.4 Å². The van der Waals surface area contributed by atoms with Crippen LogP contribution in [-0.4, -0.2) is 5.90 Å². The quantitative estimate of drug-likeness (QED) is 0.806. The molecule has 0 saturated heterocycles. The van der Waals surface area contributed by atoms with Gasteiger partial charge in [-0.25, -0.2) is 8.78 Å². The number of aryl methyl sites for hydroxylation is 1. The van der Waals surface area contributed by atoms with E-state index in [2.05, 4.69) is 6.07 Å². The van der Waals surface area contributed by atoms with E-state index in [9.17, 15) is 8.78 Å². The second-order valence-electron chi connectivity index (χ2n) is 5.97. The first-order chi connectivity index (χ1) is 11.1. The number of benzene rings is 2. The summed E-state index contributed by atoms with van der Waals surface area (Å²) in [6.45, 7) is 0. The predicted octanol–water partition coefficient (Wildman–Crippen LogP) is 4.80. The molecule has 1 aliphatic carbocycles. The van der Waals surface area contributed by atoms with E-state index >= 15 is 0 Å². The molecule has 2 aromatic carbocycles. The summed E-state index contributed by atoms with van der Waals surface area (Å²) < 4.78 is 32.6. The number of hydrogen-bond acceptors (Lipinski definition) is 2. The number of allylic oxidation sites excluding steroid dienone is 1. The maximum absolute atomic E-state index is 13.6. The fourth-order valence-electron chi connectivity index (χ4n) is 3.49. The van der Waals surface area contributed by atoms with Crippen molar-refractivity contribution in [1.29, 1.82) is 5.41 Å². The second-order valence-corrected chi connectivity index (χ2v) is 5.97. The largest absolute Gasteiger partial charge is 0.443 e. The molecule has 4 rings (SSSR count). The summed E-state index contributed by atoms with van der Waals surface area (Å²) >= 11 is 0. The molecule has 23 heavy (non-hydrogen) atoms. The van der Waals surface area contributed by atoms with E-state index in [1.165, 1.54) is 11.6 Å². The van der Waals surface area contributed by atoms with Gasteiger partial charge in [0.2, 0.25) is 0 Å². The SMILES string of the molecule is N=C1CC(c2ccc(F)c(F)c2)C2=C(O1)c1ccccc1CC2. The van der Waals surface area contributed by atoms with Crippen LogP contribution in [0.5, 0.6) is 0 Å². The third-order valence-electron chi connectivity index (χ3n) is 4.60. The monoisotopic (exact) mass is 311 g/mol. The van der Waals surface area contributed by atoms with Gasteiger partial charge in [0.05, 0.1) is 0 Å². The normalized spacial score (nSPS) is 19.9. The van der Waals surface area contributed by atoms with Gasteiger partial charge in [-0.3, -0.25) is 5.41 Å². The highest BCUT2D eigenvalue weighted by molar-refractivity contribution is 5.87. The van der Waals surface area contributed by atoms with Crippen molar-refractivity contribution in [1.82, 2.24) is 0 Å². The molecule has 0 saturated carbocycles. The molecule has 2 nitrogen and oxygen atoms in total. The minimum atomic E-state index is -0.848. The van der Waals surface area contributed by atoms with Crippen LogP contribution in [0.4, 0.5) is 8.78 Å². The van der Waals surface area contributed by atoms with Gasteiger partial charge < -0.3 is 4.74 Å². The first-order valence-electron chi connectivity index (χ1n) is 7.65. The van der Waals surface area contributed by atoms with Crippen molar-refractivity contribution in [2.75, 3.05) is 0 Å². The maximum Gasteiger partial charge on any atom is 0.188 e. The van der Waals surface area contributed by atoms with Crippen molar-refractivity contribution in [3.8, 4) is 0 Å². The van der Waals surface area contributed by atoms with E-state index in [1.54, 1.807) is 6.07 Å². The van der Waals surface area contributed by atoms with Gasteiger partial charge in [-0.05, 0) is 41.7 Å². The van der Waals surface area contributed by atoms with E-state index < -0.39 is 11.6 Å². The Kier molecular flexibility index (Phi) is 3.26. The molecule has 0 amide bonds. The van der Waals surface area contributed by atoms with Crippen LogP contribution >= 0.6 is 0 Å². The van der Waals surface area contributed by atoms with Crippen LogP contribution < -0.4 is 0 Å². The standard InChI is InChI=1S/C19H15F2NO/c20-16-8-6-12(9-17(16)21)15-10-18(22)23-19-13-4-2-1-3-11(13)5-7-14(15)19/h1-4,6,8-9,15,22H,5,7,10H2. The summed E-state index contributed by atoms with van der Waals surface area (Å²) in [6, 6.07) is 12.0. The first-order valence-corrected chi connectivity index (χ1v) is 7.65. The van der Waals surface area contributed by atoms with Crippen LogP contribution in [0, 0.1) is 17.0 Å². The molecule has 0 radical (unpaired) electrons. The highest BCUT2D eigenvalue weighted by Crippen LogP contribution is 2.44. The van der Waals surface area contributed by atoms with Crippen LogP contribution in [0.3, 0.4) is 0 Å². The van der Waals surface area contributed by atoms with Gasteiger partial charge in [0, 0.05) is 17.9 Å². The average Bonchev–Trinajstić information content (AvgIpc) is 2.56. The molecular formula is C19H15F2NO. The highest BCUT2D eigenvalue weighted by atomic mass is 19.2.